The van der Waals surface area contributed by atoms with Crippen molar-refractivity contribution in [2.24, 2.45) is 12.0 Å². The highest BCUT2D eigenvalue weighted by atomic mass is 16.5. The summed E-state index contributed by atoms with van der Waals surface area (Å²) in [7, 11) is 6.94. The predicted molar refractivity (Wildman–Crippen MR) is 112 cm³/mol. The van der Waals surface area contributed by atoms with Gasteiger partial charge in [-0.2, -0.15) is 0 Å². The molecule has 2 rings (SSSR count). The average molecular weight is 405 g/mol. The second-order valence-corrected chi connectivity index (χ2v) is 6.63. The Hall–Kier alpha value is -2.81. The van der Waals surface area contributed by atoms with Crippen molar-refractivity contribution >= 4 is 5.96 Å². The van der Waals surface area contributed by atoms with Crippen LogP contribution in [0.3, 0.4) is 0 Å². The predicted octanol–water partition coefficient (Wildman–Crippen LogP) is 1.97. The van der Waals surface area contributed by atoms with Crippen LogP contribution in [0.25, 0.3) is 0 Å². The van der Waals surface area contributed by atoms with Crippen LogP contribution in [0.4, 0.5) is 0 Å². The van der Waals surface area contributed by atoms with Crippen LogP contribution >= 0.6 is 0 Å². The smallest absolute Gasteiger partial charge is 0.192 e. The number of nitrogens with zero attached hydrogens (tertiary/aromatic N) is 4. The number of hydrogen-bond acceptors (Lipinski definition) is 6. The Kier molecular flexibility index (Phi) is 8.72. The summed E-state index contributed by atoms with van der Waals surface area (Å²) in [6.45, 7) is 5.80. The number of nitrogens with one attached hydrogen (secondary N) is 2. The Morgan fingerprint density at radius 1 is 1.21 bits per heavy atom. The van der Waals surface area contributed by atoms with Crippen LogP contribution in [-0.4, -0.2) is 55.2 Å². The Morgan fingerprint density at radius 3 is 2.62 bits per heavy atom. The zero-order chi connectivity index (χ0) is 21.2. The van der Waals surface area contributed by atoms with Crippen molar-refractivity contribution in [1.29, 1.82) is 0 Å². The zero-order valence-corrected chi connectivity index (χ0v) is 18.2. The standard InChI is InChI=1S/C20H32N6O3/c1-14(17-12-16(28-5)8-9-18(17)29-6)23-20(21-10-7-11-27-4)22-13-19-25-24-15(2)26(19)3/h8-9,12,14H,7,10-11,13H2,1-6H3,(H2,21,22,23). The van der Waals surface area contributed by atoms with Gasteiger partial charge < -0.3 is 29.4 Å². The molecular formula is C20H32N6O3. The first kappa shape index (κ1) is 22.5. The first-order valence-electron chi connectivity index (χ1n) is 9.60. The zero-order valence-electron chi connectivity index (χ0n) is 18.2. The minimum absolute atomic E-state index is 0.0602. The summed E-state index contributed by atoms with van der Waals surface area (Å²) in [5.74, 6) is 3.89. The normalized spacial score (nSPS) is 12.6. The third-order valence-corrected chi connectivity index (χ3v) is 4.64. The van der Waals surface area contributed by atoms with Gasteiger partial charge in [-0.25, -0.2) is 4.99 Å². The number of guanidine groups is 1. The highest BCUT2D eigenvalue weighted by Crippen LogP contribution is 2.29. The molecule has 0 aliphatic rings. The van der Waals surface area contributed by atoms with Crippen LogP contribution in [0.5, 0.6) is 11.5 Å². The topological polar surface area (TPSA) is 94.8 Å². The second kappa shape index (κ2) is 11.3. The summed E-state index contributed by atoms with van der Waals surface area (Å²) in [6.07, 6.45) is 0.872. The van der Waals surface area contributed by atoms with Crippen LogP contribution in [0.15, 0.2) is 23.2 Å². The van der Waals surface area contributed by atoms with Crippen molar-refractivity contribution in [3.8, 4) is 11.5 Å². The van der Waals surface area contributed by atoms with Crippen molar-refractivity contribution in [2.45, 2.75) is 32.9 Å². The average Bonchev–Trinajstić information content (AvgIpc) is 3.06. The van der Waals surface area contributed by atoms with Gasteiger partial charge >= 0.3 is 0 Å². The molecule has 0 bridgehead atoms. The lowest BCUT2D eigenvalue weighted by molar-refractivity contribution is 0.195. The number of aryl methyl sites for hydroxylation is 1. The molecule has 29 heavy (non-hydrogen) atoms. The van der Waals surface area contributed by atoms with E-state index in [4.69, 9.17) is 14.2 Å². The fourth-order valence-corrected chi connectivity index (χ4v) is 2.77. The van der Waals surface area contributed by atoms with E-state index in [1.165, 1.54) is 0 Å². The molecule has 0 aliphatic heterocycles. The van der Waals surface area contributed by atoms with Crippen molar-refractivity contribution in [3.63, 3.8) is 0 Å². The highest BCUT2D eigenvalue weighted by molar-refractivity contribution is 5.80. The quantitative estimate of drug-likeness (QED) is 0.355. The number of aliphatic imine (C=N–C) groups is 1. The van der Waals surface area contributed by atoms with Crippen LogP contribution < -0.4 is 20.1 Å². The summed E-state index contributed by atoms with van der Waals surface area (Å²) in [4.78, 5) is 4.69. The first-order valence-corrected chi connectivity index (χ1v) is 9.60. The maximum Gasteiger partial charge on any atom is 0.192 e. The molecule has 2 aromatic rings. The molecule has 0 radical (unpaired) electrons. The van der Waals surface area contributed by atoms with Gasteiger partial charge in [-0.3, -0.25) is 0 Å². The molecule has 1 heterocycles. The summed E-state index contributed by atoms with van der Waals surface area (Å²) in [5, 5.41) is 15.0. The van der Waals surface area contributed by atoms with Gasteiger partial charge in [-0.15, -0.1) is 10.2 Å². The molecule has 1 unspecified atom stereocenters. The fraction of sp³-hybridized carbons (Fsp3) is 0.550. The molecule has 2 N–H and O–H groups in total. The molecule has 0 aliphatic carbocycles. The van der Waals surface area contributed by atoms with E-state index in [1.54, 1.807) is 21.3 Å². The molecule has 0 saturated heterocycles. The number of ether oxygens (including phenoxy) is 3. The van der Waals surface area contributed by atoms with Gasteiger partial charge in [0, 0.05) is 32.9 Å². The fourth-order valence-electron chi connectivity index (χ4n) is 2.77. The van der Waals surface area contributed by atoms with Crippen molar-refractivity contribution in [2.75, 3.05) is 34.5 Å². The van der Waals surface area contributed by atoms with Crippen molar-refractivity contribution < 1.29 is 14.2 Å². The third-order valence-electron chi connectivity index (χ3n) is 4.64. The highest BCUT2D eigenvalue weighted by Gasteiger charge is 2.15. The van der Waals surface area contributed by atoms with Gasteiger partial charge in [0.05, 0.1) is 20.3 Å². The lowest BCUT2D eigenvalue weighted by atomic mass is 10.1. The van der Waals surface area contributed by atoms with Crippen LogP contribution in [0, 0.1) is 6.92 Å². The molecular weight excluding hydrogens is 372 g/mol. The van der Waals surface area contributed by atoms with Crippen molar-refractivity contribution in [3.05, 3.63) is 35.4 Å². The summed E-state index contributed by atoms with van der Waals surface area (Å²) in [5.41, 5.74) is 0.979. The molecule has 0 saturated carbocycles. The Bertz CT molecular complexity index is 806. The van der Waals surface area contributed by atoms with Gasteiger partial charge in [0.1, 0.15) is 23.9 Å². The number of benzene rings is 1. The number of hydrogen-bond donors (Lipinski definition) is 2. The lowest BCUT2D eigenvalue weighted by Crippen LogP contribution is -2.39. The number of rotatable bonds is 10. The Morgan fingerprint density at radius 2 is 2.00 bits per heavy atom. The maximum atomic E-state index is 5.51. The van der Waals surface area contributed by atoms with E-state index in [1.807, 2.05) is 36.7 Å². The van der Waals surface area contributed by atoms with Gasteiger partial charge in [-0.1, -0.05) is 0 Å². The minimum atomic E-state index is -0.0602. The molecule has 9 heteroatoms. The van der Waals surface area contributed by atoms with E-state index < -0.39 is 0 Å². The third kappa shape index (κ3) is 6.35. The van der Waals surface area contributed by atoms with Crippen LogP contribution in [0.2, 0.25) is 0 Å². The molecule has 1 aromatic heterocycles. The molecule has 0 amide bonds. The number of aromatic nitrogens is 3. The lowest BCUT2D eigenvalue weighted by Gasteiger charge is -2.21. The van der Waals surface area contributed by atoms with Crippen LogP contribution in [0.1, 0.15) is 36.6 Å². The van der Waals surface area contributed by atoms with E-state index in [9.17, 15) is 0 Å². The van der Waals surface area contributed by atoms with E-state index in [0.717, 1.165) is 41.7 Å². The Balaban J connectivity index is 2.17. The van der Waals surface area contributed by atoms with Gasteiger partial charge in [-0.05, 0) is 38.5 Å². The van der Waals surface area contributed by atoms with Crippen molar-refractivity contribution in [1.82, 2.24) is 25.4 Å². The van der Waals surface area contributed by atoms with E-state index in [-0.39, 0.29) is 6.04 Å². The summed E-state index contributed by atoms with van der Waals surface area (Å²) < 4.78 is 17.9. The van der Waals surface area contributed by atoms with Gasteiger partial charge in [0.15, 0.2) is 11.8 Å². The minimum Gasteiger partial charge on any atom is -0.497 e. The summed E-state index contributed by atoms with van der Waals surface area (Å²) >= 11 is 0. The maximum absolute atomic E-state index is 5.51. The molecule has 160 valence electrons. The van der Waals surface area contributed by atoms with E-state index in [0.29, 0.717) is 19.1 Å². The summed E-state index contributed by atoms with van der Waals surface area (Å²) in [6, 6.07) is 5.68. The molecule has 1 aromatic carbocycles. The molecule has 1 atom stereocenters. The van der Waals surface area contributed by atoms with E-state index in [2.05, 4.69) is 32.7 Å². The Labute approximate surface area is 172 Å². The first-order chi connectivity index (χ1) is 14.0. The van der Waals surface area contributed by atoms with Gasteiger partial charge in [0.25, 0.3) is 0 Å². The van der Waals surface area contributed by atoms with Gasteiger partial charge in [0.2, 0.25) is 0 Å². The SMILES string of the molecule is COCCCNC(=NCc1nnc(C)n1C)NC(C)c1cc(OC)ccc1OC. The molecule has 9 nitrogen and oxygen atoms in total. The number of methoxy groups -OCH3 is 3. The monoisotopic (exact) mass is 404 g/mol. The molecule has 0 fully saturated rings. The van der Waals surface area contributed by atoms with E-state index >= 15 is 0 Å². The molecule has 0 spiro atoms. The second-order valence-electron chi connectivity index (χ2n) is 6.63. The largest absolute Gasteiger partial charge is 0.497 e. The van der Waals surface area contributed by atoms with Crippen LogP contribution in [-0.2, 0) is 18.3 Å².